The summed E-state index contributed by atoms with van der Waals surface area (Å²) in [7, 11) is -2.24. The highest BCUT2D eigenvalue weighted by atomic mass is 35.5. The molecule has 1 aliphatic rings. The van der Waals surface area contributed by atoms with Crippen LogP contribution in [0.3, 0.4) is 0 Å². The molecule has 1 fully saturated rings. The van der Waals surface area contributed by atoms with Crippen LogP contribution >= 0.6 is 12.4 Å². The Kier molecular flexibility index (Phi) is 7.42. The second-order valence-corrected chi connectivity index (χ2v) is 8.30. The van der Waals surface area contributed by atoms with Gasteiger partial charge in [-0.25, -0.2) is 8.42 Å². The maximum Gasteiger partial charge on any atom is 0.264 e. The Balaban J connectivity index is 0.00000280. The monoisotopic (exact) mass is 425 g/mol. The molecule has 152 valence electrons. The number of carbonyl (C=O) groups is 1. The number of nitrogens with one attached hydrogen (secondary N) is 2. The van der Waals surface area contributed by atoms with Crippen molar-refractivity contribution in [2.45, 2.75) is 24.0 Å². The zero-order valence-electron chi connectivity index (χ0n) is 15.7. The van der Waals surface area contributed by atoms with Crippen LogP contribution in [0.25, 0.3) is 0 Å². The van der Waals surface area contributed by atoms with Gasteiger partial charge in [-0.05, 0) is 37.3 Å². The van der Waals surface area contributed by atoms with Gasteiger partial charge >= 0.3 is 0 Å². The number of carbonyl (C=O) groups excluding carboxylic acids is 1. The summed E-state index contributed by atoms with van der Waals surface area (Å²) in [5.41, 5.74) is 0.978. The molecule has 3 rings (SSSR count). The van der Waals surface area contributed by atoms with Crippen LogP contribution < -0.4 is 14.9 Å². The number of morpholine rings is 1. The van der Waals surface area contributed by atoms with Crippen molar-refractivity contribution in [3.8, 4) is 0 Å². The third-order valence-electron chi connectivity index (χ3n) is 4.48. The molecule has 1 saturated heterocycles. The zero-order chi connectivity index (χ0) is 19.4. The van der Waals surface area contributed by atoms with Crippen LogP contribution in [0.4, 0.5) is 11.4 Å². The molecule has 0 saturated carbocycles. The van der Waals surface area contributed by atoms with Gasteiger partial charge in [0.25, 0.3) is 10.0 Å². The number of hydrogen-bond donors (Lipinski definition) is 2. The first kappa shape index (κ1) is 22.2. The molecule has 0 radical (unpaired) electrons. The highest BCUT2D eigenvalue weighted by molar-refractivity contribution is 7.92. The van der Waals surface area contributed by atoms with E-state index in [0.29, 0.717) is 24.5 Å². The molecule has 1 heterocycles. The number of amides is 1. The Hall–Kier alpha value is -2.13. The van der Waals surface area contributed by atoms with Crippen molar-refractivity contribution < 1.29 is 17.9 Å². The summed E-state index contributed by atoms with van der Waals surface area (Å²) < 4.78 is 32.5. The van der Waals surface area contributed by atoms with Gasteiger partial charge < -0.3 is 15.4 Å². The minimum atomic E-state index is -3.74. The number of para-hydroxylation sites is 1. The van der Waals surface area contributed by atoms with Gasteiger partial charge in [-0.15, -0.1) is 12.4 Å². The van der Waals surface area contributed by atoms with Gasteiger partial charge in [0.15, 0.2) is 0 Å². The molecule has 0 spiro atoms. The third kappa shape index (κ3) is 4.82. The van der Waals surface area contributed by atoms with Crippen LogP contribution in [0.15, 0.2) is 59.5 Å². The van der Waals surface area contributed by atoms with Crippen molar-refractivity contribution in [2.75, 3.05) is 29.8 Å². The van der Waals surface area contributed by atoms with E-state index in [0.717, 1.165) is 0 Å². The predicted octanol–water partition coefficient (Wildman–Crippen LogP) is 2.25. The fourth-order valence-corrected chi connectivity index (χ4v) is 4.16. The maximum absolute atomic E-state index is 12.9. The number of halogens is 1. The molecule has 7 nitrogen and oxygen atoms in total. The third-order valence-corrected chi connectivity index (χ3v) is 6.26. The van der Waals surface area contributed by atoms with Crippen LogP contribution in [0.5, 0.6) is 0 Å². The summed E-state index contributed by atoms with van der Waals surface area (Å²) in [5, 5.41) is 5.88. The summed E-state index contributed by atoms with van der Waals surface area (Å²) in [6, 6.07) is 14.6. The minimum absolute atomic E-state index is 0. The molecule has 2 aromatic rings. The number of anilines is 2. The molecule has 0 aromatic heterocycles. The summed E-state index contributed by atoms with van der Waals surface area (Å²) in [4.78, 5) is 12.6. The van der Waals surface area contributed by atoms with Crippen LogP contribution in [0.1, 0.15) is 6.92 Å². The molecule has 9 heteroatoms. The second-order valence-electron chi connectivity index (χ2n) is 6.33. The first-order chi connectivity index (χ1) is 12.9. The van der Waals surface area contributed by atoms with E-state index < -0.39 is 16.1 Å². The van der Waals surface area contributed by atoms with Gasteiger partial charge in [0.05, 0.1) is 23.3 Å². The van der Waals surface area contributed by atoms with Gasteiger partial charge in [0, 0.05) is 19.3 Å². The Bertz CT molecular complexity index is 908. The van der Waals surface area contributed by atoms with Gasteiger partial charge in [-0.1, -0.05) is 24.3 Å². The smallest absolute Gasteiger partial charge is 0.264 e. The molecule has 1 amide bonds. The Morgan fingerprint density at radius 3 is 2.57 bits per heavy atom. The van der Waals surface area contributed by atoms with E-state index in [4.69, 9.17) is 4.74 Å². The Morgan fingerprint density at radius 2 is 1.89 bits per heavy atom. The van der Waals surface area contributed by atoms with Gasteiger partial charge in [0.1, 0.15) is 6.04 Å². The van der Waals surface area contributed by atoms with Crippen LogP contribution in [-0.4, -0.2) is 46.7 Å². The molecule has 0 unspecified atom stereocenters. The molecule has 2 aromatic carbocycles. The molecule has 0 bridgehead atoms. The highest BCUT2D eigenvalue weighted by Gasteiger charge is 2.28. The van der Waals surface area contributed by atoms with E-state index in [-0.39, 0.29) is 29.3 Å². The number of benzene rings is 2. The summed E-state index contributed by atoms with van der Waals surface area (Å²) >= 11 is 0. The summed E-state index contributed by atoms with van der Waals surface area (Å²) in [6.07, 6.45) is -0.255. The summed E-state index contributed by atoms with van der Waals surface area (Å²) in [6.45, 7) is 2.98. The fraction of sp³-hybridized carbons (Fsp3) is 0.316. The van der Waals surface area contributed by atoms with Crippen molar-refractivity contribution in [1.29, 1.82) is 0 Å². The Labute approximate surface area is 171 Å². The average Bonchev–Trinajstić information content (AvgIpc) is 2.68. The fourth-order valence-electron chi connectivity index (χ4n) is 2.92. The molecular formula is C19H24ClN3O4S. The van der Waals surface area contributed by atoms with Crippen molar-refractivity contribution in [2.24, 2.45) is 0 Å². The SMILES string of the molecule is C[C@H]1OCCN[C@@H]1C(=O)Nc1cccc(S(=O)(=O)N(C)c2ccccc2)c1.Cl. The number of hydrogen-bond acceptors (Lipinski definition) is 5. The van der Waals surface area contributed by atoms with E-state index in [1.54, 1.807) is 36.4 Å². The lowest BCUT2D eigenvalue weighted by molar-refractivity contribution is -0.123. The predicted molar refractivity (Wildman–Crippen MR) is 112 cm³/mol. The second kappa shape index (κ2) is 9.38. The van der Waals surface area contributed by atoms with E-state index in [1.807, 2.05) is 13.0 Å². The molecule has 0 aliphatic carbocycles. The minimum Gasteiger partial charge on any atom is -0.375 e. The van der Waals surface area contributed by atoms with Crippen molar-refractivity contribution >= 4 is 39.7 Å². The maximum atomic E-state index is 12.9. The lowest BCUT2D eigenvalue weighted by atomic mass is 10.1. The lowest BCUT2D eigenvalue weighted by Gasteiger charge is -2.29. The largest absolute Gasteiger partial charge is 0.375 e. The first-order valence-corrected chi connectivity index (χ1v) is 10.1. The van der Waals surface area contributed by atoms with Crippen molar-refractivity contribution in [3.63, 3.8) is 0 Å². The molecule has 2 atom stereocenters. The summed E-state index contributed by atoms with van der Waals surface area (Å²) in [5.74, 6) is -0.256. The first-order valence-electron chi connectivity index (χ1n) is 8.69. The zero-order valence-corrected chi connectivity index (χ0v) is 17.3. The van der Waals surface area contributed by atoms with Crippen LogP contribution in [0, 0.1) is 0 Å². The quantitative estimate of drug-likeness (QED) is 0.767. The number of rotatable bonds is 5. The molecular weight excluding hydrogens is 402 g/mol. The number of sulfonamides is 1. The standard InChI is InChI=1S/C19H23N3O4S.ClH/c1-14-18(20-11-12-26-14)19(23)21-15-7-6-10-17(13-15)27(24,25)22(2)16-8-4-3-5-9-16;/h3-10,13-14,18,20H,11-12H2,1-2H3,(H,21,23);1H/t14-,18+;/m1./s1. The molecule has 28 heavy (non-hydrogen) atoms. The molecule has 1 aliphatic heterocycles. The van der Waals surface area contributed by atoms with Gasteiger partial charge in [-0.2, -0.15) is 0 Å². The van der Waals surface area contributed by atoms with Gasteiger partial charge in [0.2, 0.25) is 5.91 Å². The van der Waals surface area contributed by atoms with Crippen LogP contribution in [0.2, 0.25) is 0 Å². The Morgan fingerprint density at radius 1 is 1.18 bits per heavy atom. The normalized spacial score (nSPS) is 19.4. The average molecular weight is 426 g/mol. The van der Waals surface area contributed by atoms with Gasteiger partial charge in [-0.3, -0.25) is 9.10 Å². The van der Waals surface area contributed by atoms with Crippen molar-refractivity contribution in [1.82, 2.24) is 5.32 Å². The highest BCUT2D eigenvalue weighted by Crippen LogP contribution is 2.24. The molecule has 2 N–H and O–H groups in total. The van der Waals surface area contributed by atoms with E-state index in [9.17, 15) is 13.2 Å². The van der Waals surface area contributed by atoms with E-state index >= 15 is 0 Å². The lowest BCUT2D eigenvalue weighted by Crippen LogP contribution is -2.53. The van der Waals surface area contributed by atoms with E-state index in [1.165, 1.54) is 23.5 Å². The van der Waals surface area contributed by atoms with Crippen LogP contribution in [-0.2, 0) is 19.6 Å². The van der Waals surface area contributed by atoms with Crippen molar-refractivity contribution in [3.05, 3.63) is 54.6 Å². The number of nitrogens with zero attached hydrogens (tertiary/aromatic N) is 1. The topological polar surface area (TPSA) is 87.7 Å². The number of ether oxygens (including phenoxy) is 1. The van der Waals surface area contributed by atoms with E-state index in [2.05, 4.69) is 10.6 Å².